The summed E-state index contributed by atoms with van der Waals surface area (Å²) < 4.78 is 10.9. The number of fused-ring (bicyclic) bond motifs is 1. The molecule has 3 rings (SSSR count). The molecule has 1 aliphatic heterocycles. The highest BCUT2D eigenvalue weighted by Crippen LogP contribution is 2.30. The lowest BCUT2D eigenvalue weighted by Crippen LogP contribution is -2.46. The summed E-state index contributed by atoms with van der Waals surface area (Å²) in [6.45, 7) is 3.70. The molecule has 28 heavy (non-hydrogen) atoms. The molecule has 0 radical (unpaired) electrons. The largest absolute Gasteiger partial charge is 0.491 e. The molecule has 152 valence electrons. The Balaban J connectivity index is 1.58. The molecule has 1 heterocycles. The Labute approximate surface area is 165 Å². The molecule has 2 amide bonds. The van der Waals surface area contributed by atoms with Crippen LogP contribution in [0.1, 0.15) is 46.0 Å². The van der Waals surface area contributed by atoms with Gasteiger partial charge in [-0.05, 0) is 37.8 Å². The van der Waals surface area contributed by atoms with Gasteiger partial charge in [-0.25, -0.2) is 0 Å². The molecule has 1 saturated carbocycles. The van der Waals surface area contributed by atoms with Gasteiger partial charge in [0.05, 0.1) is 18.7 Å². The molecule has 0 unspecified atom stereocenters. The minimum atomic E-state index is -0.907. The molecule has 3 atom stereocenters. The van der Waals surface area contributed by atoms with Crippen LogP contribution in [0.4, 0.5) is 5.69 Å². The Morgan fingerprint density at radius 2 is 2.04 bits per heavy atom. The predicted octanol–water partition coefficient (Wildman–Crippen LogP) is 2.43. The summed E-state index contributed by atoms with van der Waals surface area (Å²) in [5.74, 6) is -0.150. The highest BCUT2D eigenvalue weighted by Gasteiger charge is 2.29. The summed E-state index contributed by atoms with van der Waals surface area (Å²) in [5, 5.41) is 3.00. The molecule has 1 fully saturated rings. The van der Waals surface area contributed by atoms with Gasteiger partial charge in [0, 0.05) is 6.04 Å². The number of anilines is 1. The van der Waals surface area contributed by atoms with Crippen LogP contribution in [0.25, 0.3) is 0 Å². The predicted molar refractivity (Wildman–Crippen MR) is 104 cm³/mol. The maximum Gasteiger partial charge on any atom is 0.326 e. The fourth-order valence-electron chi connectivity index (χ4n) is 3.74. The van der Waals surface area contributed by atoms with Crippen molar-refractivity contribution in [1.82, 2.24) is 5.32 Å². The van der Waals surface area contributed by atoms with Crippen molar-refractivity contribution in [3.63, 3.8) is 0 Å². The van der Waals surface area contributed by atoms with Crippen LogP contribution >= 0.6 is 0 Å². The van der Waals surface area contributed by atoms with Crippen molar-refractivity contribution < 1.29 is 23.9 Å². The third-order valence-electron chi connectivity index (χ3n) is 5.43. The normalized spacial score (nSPS) is 23.1. The number of hydrogen-bond acceptors (Lipinski definition) is 5. The summed E-state index contributed by atoms with van der Waals surface area (Å²) in [6.07, 6.45) is 3.60. The molecular formula is C21H28N2O5. The van der Waals surface area contributed by atoms with Gasteiger partial charge in [0.25, 0.3) is 5.91 Å². The Bertz CT molecular complexity index is 735. The lowest BCUT2D eigenvalue weighted by atomic mass is 9.86. The van der Waals surface area contributed by atoms with Crippen molar-refractivity contribution in [3.05, 3.63) is 24.3 Å². The second-order valence-electron chi connectivity index (χ2n) is 7.55. The number of nitrogens with zero attached hydrogens (tertiary/aromatic N) is 1. The number of hydrogen-bond donors (Lipinski definition) is 1. The Kier molecular flexibility index (Phi) is 6.54. The summed E-state index contributed by atoms with van der Waals surface area (Å²) in [4.78, 5) is 38.6. The van der Waals surface area contributed by atoms with Gasteiger partial charge in [0.2, 0.25) is 5.91 Å². The van der Waals surface area contributed by atoms with Gasteiger partial charge in [0.1, 0.15) is 12.3 Å². The third kappa shape index (κ3) is 4.82. The van der Waals surface area contributed by atoms with Crippen LogP contribution in [-0.2, 0) is 19.1 Å². The molecule has 7 nitrogen and oxygen atoms in total. The number of para-hydroxylation sites is 2. The van der Waals surface area contributed by atoms with Crippen LogP contribution in [0.15, 0.2) is 24.3 Å². The van der Waals surface area contributed by atoms with E-state index in [0.717, 1.165) is 19.3 Å². The SMILES string of the molecule is C[C@@H](OC(=O)CN1C(=O)CCOc2ccccc21)C(=O)N[C@H]1CCCC[C@@H]1C. The zero-order chi connectivity index (χ0) is 20.1. The number of amides is 2. The maximum atomic E-state index is 12.4. The van der Waals surface area contributed by atoms with Gasteiger partial charge in [0.15, 0.2) is 6.10 Å². The van der Waals surface area contributed by atoms with Crippen LogP contribution in [0.2, 0.25) is 0 Å². The van der Waals surface area contributed by atoms with E-state index in [1.807, 2.05) is 6.07 Å². The average molecular weight is 388 g/mol. The summed E-state index contributed by atoms with van der Waals surface area (Å²) >= 11 is 0. The lowest BCUT2D eigenvalue weighted by molar-refractivity contribution is -0.154. The second kappa shape index (κ2) is 9.08. The minimum Gasteiger partial charge on any atom is -0.491 e. The molecule has 1 aromatic rings. The summed E-state index contributed by atoms with van der Waals surface area (Å²) in [7, 11) is 0. The molecule has 0 spiro atoms. The molecular weight excluding hydrogens is 360 g/mol. The number of carbonyl (C=O) groups is 3. The van der Waals surface area contributed by atoms with Crippen LogP contribution in [0.3, 0.4) is 0 Å². The van der Waals surface area contributed by atoms with Crippen molar-refractivity contribution in [1.29, 1.82) is 0 Å². The molecule has 7 heteroatoms. The van der Waals surface area contributed by atoms with E-state index in [-0.39, 0.29) is 37.4 Å². The first-order valence-electron chi connectivity index (χ1n) is 9.97. The van der Waals surface area contributed by atoms with E-state index >= 15 is 0 Å². The average Bonchev–Trinajstić information content (AvgIpc) is 2.82. The quantitative estimate of drug-likeness (QED) is 0.783. The van der Waals surface area contributed by atoms with E-state index in [4.69, 9.17) is 9.47 Å². The van der Waals surface area contributed by atoms with Crippen LogP contribution < -0.4 is 15.0 Å². The molecule has 1 aromatic carbocycles. The molecule has 0 aromatic heterocycles. The Morgan fingerprint density at radius 3 is 2.82 bits per heavy atom. The maximum absolute atomic E-state index is 12.4. The third-order valence-corrected chi connectivity index (χ3v) is 5.43. The highest BCUT2D eigenvalue weighted by atomic mass is 16.5. The van der Waals surface area contributed by atoms with E-state index in [1.165, 1.54) is 11.3 Å². The first-order chi connectivity index (χ1) is 13.5. The summed E-state index contributed by atoms with van der Waals surface area (Å²) in [6, 6.07) is 7.20. The highest BCUT2D eigenvalue weighted by molar-refractivity contribution is 5.99. The van der Waals surface area contributed by atoms with Crippen molar-refractivity contribution >= 4 is 23.5 Å². The molecule has 2 aliphatic rings. The minimum absolute atomic E-state index is 0.124. The number of benzene rings is 1. The molecule has 0 bridgehead atoms. The Morgan fingerprint density at radius 1 is 1.29 bits per heavy atom. The topological polar surface area (TPSA) is 84.9 Å². The van der Waals surface area contributed by atoms with Crippen molar-refractivity contribution in [2.75, 3.05) is 18.1 Å². The molecule has 1 aliphatic carbocycles. The number of ether oxygens (including phenoxy) is 2. The fourth-order valence-corrected chi connectivity index (χ4v) is 3.74. The van der Waals surface area contributed by atoms with Crippen LogP contribution in [0, 0.1) is 5.92 Å². The van der Waals surface area contributed by atoms with Crippen LogP contribution in [0.5, 0.6) is 5.75 Å². The standard InChI is InChI=1S/C21H28N2O5/c1-14-7-3-4-8-16(14)22-21(26)15(2)28-20(25)13-23-17-9-5-6-10-18(17)27-12-11-19(23)24/h5-6,9-10,14-16H,3-4,7-8,11-13H2,1-2H3,(H,22,26)/t14-,15+,16-/m0/s1. The zero-order valence-electron chi connectivity index (χ0n) is 16.5. The van der Waals surface area contributed by atoms with Gasteiger partial charge in [-0.3, -0.25) is 19.3 Å². The first-order valence-corrected chi connectivity index (χ1v) is 9.97. The number of rotatable bonds is 5. The zero-order valence-corrected chi connectivity index (χ0v) is 16.5. The second-order valence-corrected chi connectivity index (χ2v) is 7.55. The fraction of sp³-hybridized carbons (Fsp3) is 0.571. The van der Waals surface area contributed by atoms with Crippen molar-refractivity contribution in [2.24, 2.45) is 5.92 Å². The van der Waals surface area contributed by atoms with E-state index in [2.05, 4.69) is 12.2 Å². The van der Waals surface area contributed by atoms with E-state index < -0.39 is 12.1 Å². The van der Waals surface area contributed by atoms with E-state index in [9.17, 15) is 14.4 Å². The van der Waals surface area contributed by atoms with Gasteiger partial charge >= 0.3 is 5.97 Å². The monoisotopic (exact) mass is 388 g/mol. The van der Waals surface area contributed by atoms with Crippen LogP contribution in [-0.4, -0.2) is 43.1 Å². The van der Waals surface area contributed by atoms with Crippen molar-refractivity contribution in [3.8, 4) is 5.75 Å². The van der Waals surface area contributed by atoms with E-state index in [1.54, 1.807) is 25.1 Å². The number of nitrogens with one attached hydrogen (secondary N) is 1. The summed E-state index contributed by atoms with van der Waals surface area (Å²) in [5.41, 5.74) is 0.537. The number of carbonyl (C=O) groups excluding carboxylic acids is 3. The van der Waals surface area contributed by atoms with Gasteiger partial charge < -0.3 is 14.8 Å². The number of esters is 1. The van der Waals surface area contributed by atoms with Crippen molar-refractivity contribution in [2.45, 2.75) is 58.1 Å². The van der Waals surface area contributed by atoms with Gasteiger partial charge in [-0.15, -0.1) is 0 Å². The van der Waals surface area contributed by atoms with E-state index in [0.29, 0.717) is 17.4 Å². The van der Waals surface area contributed by atoms with Gasteiger partial charge in [-0.1, -0.05) is 31.9 Å². The first kappa shape index (κ1) is 20.2. The molecule has 1 N–H and O–H groups in total. The lowest BCUT2D eigenvalue weighted by Gasteiger charge is -2.30. The smallest absolute Gasteiger partial charge is 0.326 e. The Hall–Kier alpha value is -2.57. The van der Waals surface area contributed by atoms with Gasteiger partial charge in [-0.2, -0.15) is 0 Å². The molecule has 0 saturated heterocycles.